The summed E-state index contributed by atoms with van der Waals surface area (Å²) in [5, 5.41) is 2.37. The van der Waals surface area contributed by atoms with Crippen molar-refractivity contribution in [2.75, 3.05) is 23.4 Å². The first kappa shape index (κ1) is 20.7. The highest BCUT2D eigenvalue weighted by atomic mass is 127. The number of rotatable bonds is 8. The first-order valence-electron chi connectivity index (χ1n) is 8.54. The highest BCUT2D eigenvalue weighted by Gasteiger charge is 2.54. The summed E-state index contributed by atoms with van der Waals surface area (Å²) in [6.45, 7) is 3.42. The number of thioether (sulfide) groups is 1. The smallest absolute Gasteiger partial charge is 0.355 e. The fourth-order valence-corrected chi connectivity index (χ4v) is 5.20. The van der Waals surface area contributed by atoms with Crippen LogP contribution in [0.3, 0.4) is 0 Å². The fourth-order valence-electron chi connectivity index (χ4n) is 2.86. The van der Waals surface area contributed by atoms with Gasteiger partial charge in [0.05, 0.1) is 0 Å². The SMILES string of the molecule is C=CCOC(=O)C1=C(CI)CS[C@@H]2C(NC(=O)COc3ccccc3)C(=O)N12. The Morgan fingerprint density at radius 3 is 2.79 bits per heavy atom. The molecule has 2 heterocycles. The van der Waals surface area contributed by atoms with E-state index in [1.54, 1.807) is 12.1 Å². The van der Waals surface area contributed by atoms with Crippen LogP contribution in [-0.2, 0) is 19.1 Å². The van der Waals surface area contributed by atoms with Gasteiger partial charge < -0.3 is 14.8 Å². The van der Waals surface area contributed by atoms with Gasteiger partial charge in [-0.15, -0.1) is 11.8 Å². The number of β-lactam (4-membered cyclic amide) rings is 1. The van der Waals surface area contributed by atoms with Crippen LogP contribution in [-0.4, -0.2) is 57.5 Å². The van der Waals surface area contributed by atoms with E-state index in [2.05, 4.69) is 34.5 Å². The van der Waals surface area contributed by atoms with Gasteiger partial charge in [0.15, 0.2) is 6.61 Å². The largest absolute Gasteiger partial charge is 0.484 e. The van der Waals surface area contributed by atoms with Crippen molar-refractivity contribution in [3.8, 4) is 5.75 Å². The van der Waals surface area contributed by atoms with Crippen molar-refractivity contribution in [3.63, 3.8) is 0 Å². The summed E-state index contributed by atoms with van der Waals surface area (Å²) in [5.74, 6) is -0.0707. The number of carbonyl (C=O) groups excluding carboxylic acids is 3. The molecule has 7 nitrogen and oxygen atoms in total. The molecule has 148 valence electrons. The molecular weight excluding hydrogens is 495 g/mol. The Bertz CT molecular complexity index is 814. The van der Waals surface area contributed by atoms with Crippen molar-refractivity contribution >= 4 is 52.1 Å². The minimum Gasteiger partial charge on any atom is -0.484 e. The summed E-state index contributed by atoms with van der Waals surface area (Å²) in [5.41, 5.74) is 1.14. The van der Waals surface area contributed by atoms with Gasteiger partial charge in [-0.2, -0.15) is 0 Å². The number of hydrogen-bond acceptors (Lipinski definition) is 6. The Morgan fingerprint density at radius 2 is 2.11 bits per heavy atom. The summed E-state index contributed by atoms with van der Waals surface area (Å²) >= 11 is 3.68. The van der Waals surface area contributed by atoms with Crippen molar-refractivity contribution in [1.82, 2.24) is 10.2 Å². The highest BCUT2D eigenvalue weighted by molar-refractivity contribution is 14.1. The number of amides is 2. The average molecular weight is 514 g/mol. The van der Waals surface area contributed by atoms with Crippen LogP contribution >= 0.6 is 34.4 Å². The zero-order valence-corrected chi connectivity index (χ0v) is 17.9. The summed E-state index contributed by atoms with van der Waals surface area (Å²) in [6.07, 6.45) is 1.48. The Labute approximate surface area is 180 Å². The summed E-state index contributed by atoms with van der Waals surface area (Å²) < 4.78 is 11.2. The van der Waals surface area contributed by atoms with Gasteiger partial charge in [-0.3, -0.25) is 14.5 Å². The van der Waals surface area contributed by atoms with Crippen LogP contribution in [0.15, 0.2) is 54.3 Å². The number of carbonyl (C=O) groups is 3. The number of halogens is 1. The molecule has 0 spiro atoms. The first-order chi connectivity index (χ1) is 13.6. The van der Waals surface area contributed by atoms with Crippen molar-refractivity contribution in [3.05, 3.63) is 54.3 Å². The van der Waals surface area contributed by atoms with E-state index in [1.807, 2.05) is 18.2 Å². The Kier molecular flexibility index (Phi) is 7.00. The molecule has 1 unspecified atom stereocenters. The molecule has 0 bridgehead atoms. The molecule has 3 rings (SSSR count). The van der Waals surface area contributed by atoms with Crippen molar-refractivity contribution in [2.45, 2.75) is 11.4 Å². The lowest BCUT2D eigenvalue weighted by Gasteiger charge is -2.49. The van der Waals surface area contributed by atoms with Crippen molar-refractivity contribution in [2.24, 2.45) is 0 Å². The maximum absolute atomic E-state index is 12.6. The van der Waals surface area contributed by atoms with E-state index >= 15 is 0 Å². The van der Waals surface area contributed by atoms with Crippen LogP contribution in [0.5, 0.6) is 5.75 Å². The molecule has 1 N–H and O–H groups in total. The van der Waals surface area contributed by atoms with Gasteiger partial charge in [0.2, 0.25) is 0 Å². The number of hydrogen-bond donors (Lipinski definition) is 1. The van der Waals surface area contributed by atoms with E-state index in [-0.39, 0.29) is 36.1 Å². The van der Waals surface area contributed by atoms with Gasteiger partial charge in [-0.25, -0.2) is 4.79 Å². The molecule has 2 atom stereocenters. The van der Waals surface area contributed by atoms with E-state index in [0.717, 1.165) is 5.57 Å². The van der Waals surface area contributed by atoms with E-state index in [0.29, 0.717) is 15.9 Å². The number of benzene rings is 1. The van der Waals surface area contributed by atoms with Crippen LogP contribution < -0.4 is 10.1 Å². The second kappa shape index (κ2) is 9.46. The number of para-hydroxylation sites is 1. The third-order valence-electron chi connectivity index (χ3n) is 4.16. The third kappa shape index (κ3) is 4.35. The second-order valence-electron chi connectivity index (χ2n) is 6.03. The molecule has 1 aromatic carbocycles. The predicted molar refractivity (Wildman–Crippen MR) is 114 cm³/mol. The molecule has 9 heteroatoms. The number of nitrogens with zero attached hydrogens (tertiary/aromatic N) is 1. The molecule has 1 aromatic rings. The number of alkyl halides is 1. The molecule has 0 radical (unpaired) electrons. The lowest BCUT2D eigenvalue weighted by molar-refractivity contribution is -0.152. The minimum absolute atomic E-state index is 0.0771. The quantitative estimate of drug-likeness (QED) is 0.188. The third-order valence-corrected chi connectivity index (χ3v) is 6.42. The van der Waals surface area contributed by atoms with E-state index < -0.39 is 12.0 Å². The number of fused-ring (bicyclic) bond motifs is 1. The fraction of sp³-hybridized carbons (Fsp3) is 0.316. The van der Waals surface area contributed by atoms with E-state index in [1.165, 1.54) is 22.7 Å². The van der Waals surface area contributed by atoms with Crippen LogP contribution in [0.4, 0.5) is 0 Å². The first-order valence-corrected chi connectivity index (χ1v) is 11.1. The Morgan fingerprint density at radius 1 is 1.36 bits per heavy atom. The molecule has 28 heavy (non-hydrogen) atoms. The summed E-state index contributed by atoms with van der Waals surface area (Å²) in [4.78, 5) is 38.7. The molecule has 1 saturated heterocycles. The summed E-state index contributed by atoms with van der Waals surface area (Å²) in [6, 6.07) is 8.28. The predicted octanol–water partition coefficient (Wildman–Crippen LogP) is 1.88. The second-order valence-corrected chi connectivity index (χ2v) is 7.90. The van der Waals surface area contributed by atoms with Crippen LogP contribution in [0.1, 0.15) is 0 Å². The van der Waals surface area contributed by atoms with Crippen LogP contribution in [0.25, 0.3) is 0 Å². The average Bonchev–Trinajstić information content (AvgIpc) is 2.73. The topological polar surface area (TPSA) is 84.9 Å². The van der Waals surface area contributed by atoms with Crippen LogP contribution in [0, 0.1) is 0 Å². The molecular formula is C19H19IN2O5S. The molecule has 0 aliphatic carbocycles. The van der Waals surface area contributed by atoms with E-state index in [4.69, 9.17) is 9.47 Å². The Balaban J connectivity index is 1.62. The van der Waals surface area contributed by atoms with Gasteiger partial charge in [0.25, 0.3) is 11.8 Å². The lowest BCUT2D eigenvalue weighted by Crippen LogP contribution is -2.71. The Hall–Kier alpha value is -2.01. The molecule has 0 aromatic heterocycles. The molecule has 2 aliphatic rings. The number of esters is 1. The summed E-state index contributed by atoms with van der Waals surface area (Å²) in [7, 11) is 0. The van der Waals surface area contributed by atoms with Gasteiger partial charge in [-0.1, -0.05) is 53.4 Å². The van der Waals surface area contributed by atoms with Gasteiger partial charge in [-0.05, 0) is 17.7 Å². The lowest BCUT2D eigenvalue weighted by atomic mass is 10.0. The number of nitrogens with one attached hydrogen (secondary N) is 1. The standard InChI is InChI=1S/C19H19IN2O5S/c1-2-8-26-19(25)16-12(9-20)11-28-18-15(17(24)22(16)18)21-14(23)10-27-13-6-4-3-5-7-13/h2-7,15,18H,1,8-11H2,(H,21,23)/t15?,18-/m1/s1. The zero-order valence-electron chi connectivity index (χ0n) is 14.9. The minimum atomic E-state index is -0.685. The van der Waals surface area contributed by atoms with E-state index in [9.17, 15) is 14.4 Å². The van der Waals surface area contributed by atoms with Gasteiger partial charge in [0.1, 0.15) is 29.5 Å². The van der Waals surface area contributed by atoms with Gasteiger partial charge >= 0.3 is 5.97 Å². The normalized spacial score (nSPS) is 20.8. The monoisotopic (exact) mass is 514 g/mol. The highest BCUT2D eigenvalue weighted by Crippen LogP contribution is 2.41. The van der Waals surface area contributed by atoms with Crippen molar-refractivity contribution < 1.29 is 23.9 Å². The maximum atomic E-state index is 12.6. The molecule has 2 aliphatic heterocycles. The zero-order chi connectivity index (χ0) is 20.1. The van der Waals surface area contributed by atoms with Gasteiger partial charge in [0, 0.05) is 10.2 Å². The molecule has 2 amide bonds. The molecule has 0 saturated carbocycles. The van der Waals surface area contributed by atoms with Crippen LogP contribution in [0.2, 0.25) is 0 Å². The number of ether oxygens (including phenoxy) is 2. The maximum Gasteiger partial charge on any atom is 0.355 e. The molecule has 1 fully saturated rings. The van der Waals surface area contributed by atoms with Crippen molar-refractivity contribution in [1.29, 1.82) is 0 Å².